The smallest absolute Gasteiger partial charge is 0.230 e. The molecule has 12 nitrogen and oxygen atoms in total. The van der Waals surface area contributed by atoms with E-state index in [1.165, 1.54) is 0 Å². The van der Waals surface area contributed by atoms with Crippen molar-refractivity contribution in [3.8, 4) is 0 Å². The Kier molecular flexibility index (Phi) is 6.12. The van der Waals surface area contributed by atoms with Gasteiger partial charge in [0.05, 0.1) is 0 Å². The summed E-state index contributed by atoms with van der Waals surface area (Å²) in [5.74, 6) is 4.62. The third-order valence-corrected chi connectivity index (χ3v) is 6.09. The number of nitrogens with zero attached hydrogens (tertiary/aromatic N) is 10. The van der Waals surface area contributed by atoms with Gasteiger partial charge in [0.25, 0.3) is 0 Å². The fraction of sp³-hybridized carbons (Fsp3) is 0.700. The molecule has 0 bridgehead atoms. The second-order valence-corrected chi connectivity index (χ2v) is 8.41. The molecule has 32 heavy (non-hydrogen) atoms. The zero-order valence-electron chi connectivity index (χ0n) is 19.0. The Morgan fingerprint density at radius 1 is 0.438 bits per heavy atom. The van der Waals surface area contributed by atoms with E-state index in [-0.39, 0.29) is 0 Å². The van der Waals surface area contributed by atoms with Crippen molar-refractivity contribution in [3.05, 3.63) is 11.6 Å². The number of aromatic nitrogens is 6. The molecule has 3 fully saturated rings. The van der Waals surface area contributed by atoms with Crippen LogP contribution in [0.4, 0.5) is 23.8 Å². The molecule has 0 aromatic carbocycles. The molecule has 172 valence electrons. The fourth-order valence-electron chi connectivity index (χ4n) is 4.31. The molecule has 2 aromatic rings. The number of anilines is 4. The maximum atomic E-state index is 4.80. The van der Waals surface area contributed by atoms with Crippen molar-refractivity contribution >= 4 is 23.8 Å². The van der Waals surface area contributed by atoms with Crippen molar-refractivity contribution in [2.24, 2.45) is 0 Å². The number of rotatable bonds is 4. The normalized spacial score (nSPS) is 20.1. The molecule has 0 unspecified atom stereocenters. The van der Waals surface area contributed by atoms with Gasteiger partial charge in [-0.05, 0) is 13.8 Å². The molecule has 0 aliphatic carbocycles. The average molecular weight is 441 g/mol. The van der Waals surface area contributed by atoms with Gasteiger partial charge in [-0.15, -0.1) is 0 Å². The summed E-state index contributed by atoms with van der Waals surface area (Å²) in [6.45, 7) is 14.7. The maximum Gasteiger partial charge on any atom is 0.230 e. The van der Waals surface area contributed by atoms with E-state index in [2.05, 4.69) is 50.2 Å². The Morgan fingerprint density at radius 2 is 0.719 bits per heavy atom. The molecule has 0 radical (unpaired) electrons. The summed E-state index contributed by atoms with van der Waals surface area (Å²) in [7, 11) is 0. The first kappa shape index (κ1) is 21.0. The van der Waals surface area contributed by atoms with Crippen LogP contribution in [0, 0.1) is 13.8 Å². The van der Waals surface area contributed by atoms with Gasteiger partial charge in [0.15, 0.2) is 0 Å². The van der Waals surface area contributed by atoms with Gasteiger partial charge in [0.2, 0.25) is 23.8 Å². The van der Waals surface area contributed by atoms with E-state index in [9.17, 15) is 0 Å². The number of aryl methyl sites for hydroxylation is 2. The SMILES string of the molecule is Cc1nc(N2CCNCC2)nc(N2CCN(c3nc(C)nc(N4CCNCC4)n3)CC2)n1. The van der Waals surface area contributed by atoms with Crippen molar-refractivity contribution in [2.45, 2.75) is 13.8 Å². The Bertz CT molecular complexity index is 841. The molecular weight excluding hydrogens is 408 g/mol. The van der Waals surface area contributed by atoms with E-state index < -0.39 is 0 Å². The fourth-order valence-corrected chi connectivity index (χ4v) is 4.31. The molecule has 12 heteroatoms. The van der Waals surface area contributed by atoms with Gasteiger partial charge >= 0.3 is 0 Å². The van der Waals surface area contributed by atoms with Crippen molar-refractivity contribution in [2.75, 3.05) is 98.1 Å². The number of hydrogen-bond donors (Lipinski definition) is 2. The molecular formula is C20H32N12. The van der Waals surface area contributed by atoms with Crippen LogP contribution >= 0.6 is 0 Å². The highest BCUT2D eigenvalue weighted by atomic mass is 15.4. The highest BCUT2D eigenvalue weighted by Crippen LogP contribution is 2.20. The average Bonchev–Trinajstić information content (AvgIpc) is 2.84. The predicted molar refractivity (Wildman–Crippen MR) is 124 cm³/mol. The molecule has 0 spiro atoms. The standard InChI is InChI=1S/C20H32N12/c1-15-23-17(29-7-3-21-4-8-29)27-19(25-15)31-11-13-32(14-12-31)20-26-16(2)24-18(28-20)30-9-5-22-6-10-30/h21-22H,3-14H2,1-2H3. The van der Waals surface area contributed by atoms with Crippen molar-refractivity contribution in [1.82, 2.24) is 40.5 Å². The number of nitrogens with one attached hydrogen (secondary N) is 2. The summed E-state index contributed by atoms with van der Waals surface area (Å²) in [6, 6.07) is 0. The van der Waals surface area contributed by atoms with Gasteiger partial charge in [-0.3, -0.25) is 0 Å². The zero-order valence-corrected chi connectivity index (χ0v) is 19.0. The van der Waals surface area contributed by atoms with Crippen molar-refractivity contribution in [3.63, 3.8) is 0 Å². The van der Waals surface area contributed by atoms with E-state index in [0.29, 0.717) is 0 Å². The van der Waals surface area contributed by atoms with E-state index in [4.69, 9.17) is 9.97 Å². The van der Waals surface area contributed by atoms with Gasteiger partial charge in [0, 0.05) is 78.5 Å². The number of piperazine rings is 3. The quantitative estimate of drug-likeness (QED) is 0.596. The number of hydrogen-bond acceptors (Lipinski definition) is 12. The minimum atomic E-state index is 0.763. The van der Waals surface area contributed by atoms with E-state index in [1.54, 1.807) is 0 Å². The second-order valence-electron chi connectivity index (χ2n) is 8.41. The monoisotopic (exact) mass is 440 g/mol. The third kappa shape index (κ3) is 4.65. The van der Waals surface area contributed by atoms with E-state index in [1.807, 2.05) is 13.8 Å². The highest BCUT2D eigenvalue weighted by molar-refractivity contribution is 5.44. The Morgan fingerprint density at radius 3 is 1.03 bits per heavy atom. The van der Waals surface area contributed by atoms with Crippen molar-refractivity contribution in [1.29, 1.82) is 0 Å². The van der Waals surface area contributed by atoms with Crippen LogP contribution in [0.3, 0.4) is 0 Å². The lowest BCUT2D eigenvalue weighted by Gasteiger charge is -2.36. The van der Waals surface area contributed by atoms with Crippen LogP contribution in [-0.4, -0.2) is 108 Å². The lowest BCUT2D eigenvalue weighted by Crippen LogP contribution is -2.49. The molecule has 5 rings (SSSR count). The lowest BCUT2D eigenvalue weighted by atomic mass is 10.3. The van der Waals surface area contributed by atoms with Crippen LogP contribution in [0.15, 0.2) is 0 Å². The summed E-state index contributed by atoms with van der Waals surface area (Å²) in [6.07, 6.45) is 0. The van der Waals surface area contributed by atoms with Gasteiger partial charge in [-0.1, -0.05) is 0 Å². The maximum absolute atomic E-state index is 4.80. The topological polar surface area (TPSA) is 114 Å². The minimum absolute atomic E-state index is 0.763. The van der Waals surface area contributed by atoms with Crippen LogP contribution in [0.25, 0.3) is 0 Å². The second kappa shape index (κ2) is 9.33. The van der Waals surface area contributed by atoms with Gasteiger partial charge in [-0.2, -0.15) is 29.9 Å². The minimum Gasteiger partial charge on any atom is -0.338 e. The van der Waals surface area contributed by atoms with Crippen LogP contribution in [0.1, 0.15) is 11.6 Å². The van der Waals surface area contributed by atoms with Crippen LogP contribution in [0.2, 0.25) is 0 Å². The molecule has 2 aromatic heterocycles. The first-order valence-electron chi connectivity index (χ1n) is 11.5. The van der Waals surface area contributed by atoms with E-state index >= 15 is 0 Å². The Hall–Kier alpha value is -2.86. The lowest BCUT2D eigenvalue weighted by molar-refractivity contribution is 0.572. The van der Waals surface area contributed by atoms with Crippen LogP contribution < -0.4 is 30.2 Å². The molecule has 0 amide bonds. The van der Waals surface area contributed by atoms with Crippen molar-refractivity contribution < 1.29 is 0 Å². The predicted octanol–water partition coefficient (Wildman–Crippen LogP) is -1.18. The molecule has 3 aliphatic rings. The molecule has 0 atom stereocenters. The van der Waals surface area contributed by atoms with Gasteiger partial charge in [0.1, 0.15) is 11.6 Å². The largest absolute Gasteiger partial charge is 0.338 e. The Labute approximate surface area is 188 Å². The zero-order chi connectivity index (χ0) is 21.9. The van der Waals surface area contributed by atoms with E-state index in [0.717, 1.165) is 114 Å². The summed E-state index contributed by atoms with van der Waals surface area (Å²) < 4.78 is 0. The highest BCUT2D eigenvalue weighted by Gasteiger charge is 2.24. The first-order chi connectivity index (χ1) is 15.7. The summed E-state index contributed by atoms with van der Waals surface area (Å²) in [4.78, 5) is 37.0. The third-order valence-electron chi connectivity index (χ3n) is 6.09. The van der Waals surface area contributed by atoms with Crippen LogP contribution in [0.5, 0.6) is 0 Å². The molecule has 3 saturated heterocycles. The summed E-state index contributed by atoms with van der Waals surface area (Å²) in [5.41, 5.74) is 0. The summed E-state index contributed by atoms with van der Waals surface area (Å²) in [5, 5.41) is 6.75. The van der Waals surface area contributed by atoms with Crippen LogP contribution in [-0.2, 0) is 0 Å². The Balaban J connectivity index is 1.27. The molecule has 3 aliphatic heterocycles. The first-order valence-corrected chi connectivity index (χ1v) is 11.5. The summed E-state index contributed by atoms with van der Waals surface area (Å²) >= 11 is 0. The van der Waals surface area contributed by atoms with Gasteiger partial charge < -0.3 is 30.2 Å². The van der Waals surface area contributed by atoms with Gasteiger partial charge in [-0.25, -0.2) is 0 Å². The molecule has 0 saturated carbocycles. The molecule has 5 heterocycles. The molecule has 2 N–H and O–H groups in total.